The average molecular weight is 355 g/mol. The summed E-state index contributed by atoms with van der Waals surface area (Å²) in [6.07, 6.45) is 6.97. The topological polar surface area (TPSA) is 83.3 Å². The molecule has 1 aromatic carbocycles. The second kappa shape index (κ2) is 7.45. The van der Waals surface area contributed by atoms with Crippen molar-refractivity contribution in [3.63, 3.8) is 0 Å². The first-order valence-corrected chi connectivity index (χ1v) is 9.35. The number of aliphatic hydroxyl groups excluding tert-OH is 1. The standard InChI is InChI=1S/C19H25N5O2/c25-18-5-8-23(9-6-18)17-3-1-15(2-4-17)19(26)21-16-11-14(12-16)13-24-10-7-20-22-24/h1-4,7,10,14,16,18,25H,5-6,8-9,11-13H2,(H,21,26). The number of nitrogens with zero attached hydrogens (tertiary/aromatic N) is 4. The Morgan fingerprint density at radius 1 is 1.19 bits per heavy atom. The van der Waals surface area contributed by atoms with Gasteiger partial charge in [-0.05, 0) is 55.9 Å². The normalized spacial score (nSPS) is 23.5. The highest BCUT2D eigenvalue weighted by molar-refractivity contribution is 5.94. The van der Waals surface area contributed by atoms with Crippen LogP contribution in [0.4, 0.5) is 5.69 Å². The number of aromatic nitrogens is 3. The van der Waals surface area contributed by atoms with Gasteiger partial charge in [-0.25, -0.2) is 0 Å². The van der Waals surface area contributed by atoms with E-state index < -0.39 is 0 Å². The Morgan fingerprint density at radius 3 is 2.58 bits per heavy atom. The molecule has 1 aromatic heterocycles. The molecule has 1 aliphatic heterocycles. The molecule has 138 valence electrons. The third-order valence-electron chi connectivity index (χ3n) is 5.45. The molecule has 0 unspecified atom stereocenters. The van der Waals surface area contributed by atoms with E-state index in [-0.39, 0.29) is 18.1 Å². The average Bonchev–Trinajstić information content (AvgIpc) is 3.14. The number of piperidine rings is 1. The summed E-state index contributed by atoms with van der Waals surface area (Å²) in [5.74, 6) is 0.550. The molecule has 1 saturated carbocycles. The number of hydrogen-bond acceptors (Lipinski definition) is 5. The maximum absolute atomic E-state index is 12.4. The SMILES string of the molecule is O=C(NC1CC(Cn2ccnn2)C1)c1ccc(N2CCC(O)CC2)cc1. The molecule has 26 heavy (non-hydrogen) atoms. The summed E-state index contributed by atoms with van der Waals surface area (Å²) in [5.41, 5.74) is 1.82. The molecule has 1 saturated heterocycles. The van der Waals surface area contributed by atoms with Crippen LogP contribution in [0.15, 0.2) is 36.7 Å². The van der Waals surface area contributed by atoms with E-state index in [0.717, 1.165) is 51.0 Å². The van der Waals surface area contributed by atoms with Crippen molar-refractivity contribution in [3.8, 4) is 0 Å². The lowest BCUT2D eigenvalue weighted by Gasteiger charge is -2.35. The highest BCUT2D eigenvalue weighted by atomic mass is 16.3. The van der Waals surface area contributed by atoms with E-state index >= 15 is 0 Å². The molecule has 2 aromatic rings. The van der Waals surface area contributed by atoms with Gasteiger partial charge < -0.3 is 15.3 Å². The summed E-state index contributed by atoms with van der Waals surface area (Å²) >= 11 is 0. The van der Waals surface area contributed by atoms with Gasteiger partial charge in [0.25, 0.3) is 5.91 Å². The summed E-state index contributed by atoms with van der Waals surface area (Å²) in [7, 11) is 0. The van der Waals surface area contributed by atoms with Crippen LogP contribution in [0.1, 0.15) is 36.0 Å². The molecule has 0 radical (unpaired) electrons. The molecule has 0 atom stereocenters. The van der Waals surface area contributed by atoms with Gasteiger partial charge in [-0.1, -0.05) is 5.21 Å². The lowest BCUT2D eigenvalue weighted by Crippen LogP contribution is -2.45. The molecule has 0 bridgehead atoms. The van der Waals surface area contributed by atoms with Crippen LogP contribution in [0.5, 0.6) is 0 Å². The second-order valence-electron chi connectivity index (χ2n) is 7.40. The van der Waals surface area contributed by atoms with Gasteiger partial charge in [0, 0.05) is 43.1 Å². The van der Waals surface area contributed by atoms with Crippen LogP contribution < -0.4 is 10.2 Å². The molecule has 2 heterocycles. The van der Waals surface area contributed by atoms with Gasteiger partial charge in [-0.3, -0.25) is 9.48 Å². The van der Waals surface area contributed by atoms with Gasteiger partial charge in [0.1, 0.15) is 0 Å². The van der Waals surface area contributed by atoms with Gasteiger partial charge >= 0.3 is 0 Å². The minimum Gasteiger partial charge on any atom is -0.393 e. The van der Waals surface area contributed by atoms with Crippen molar-refractivity contribution in [2.24, 2.45) is 5.92 Å². The molecule has 7 nitrogen and oxygen atoms in total. The smallest absolute Gasteiger partial charge is 0.251 e. The third kappa shape index (κ3) is 3.88. The monoisotopic (exact) mass is 355 g/mol. The van der Waals surface area contributed by atoms with Crippen LogP contribution >= 0.6 is 0 Å². The molecular weight excluding hydrogens is 330 g/mol. The van der Waals surface area contributed by atoms with Crippen molar-refractivity contribution >= 4 is 11.6 Å². The van der Waals surface area contributed by atoms with E-state index in [2.05, 4.69) is 20.5 Å². The maximum Gasteiger partial charge on any atom is 0.251 e. The predicted molar refractivity (Wildman–Crippen MR) is 97.9 cm³/mol. The van der Waals surface area contributed by atoms with Crippen LogP contribution in [0, 0.1) is 5.92 Å². The van der Waals surface area contributed by atoms with Crippen molar-refractivity contribution in [2.45, 2.75) is 44.4 Å². The number of benzene rings is 1. The Morgan fingerprint density at radius 2 is 1.92 bits per heavy atom. The first kappa shape index (κ1) is 17.0. The molecule has 4 rings (SSSR count). The molecule has 1 aliphatic carbocycles. The minimum atomic E-state index is -0.174. The summed E-state index contributed by atoms with van der Waals surface area (Å²) in [6.45, 7) is 2.59. The fourth-order valence-corrected chi connectivity index (χ4v) is 3.81. The highest BCUT2D eigenvalue weighted by Gasteiger charge is 2.30. The van der Waals surface area contributed by atoms with Gasteiger partial charge in [-0.15, -0.1) is 5.10 Å². The van der Waals surface area contributed by atoms with E-state index in [1.54, 1.807) is 6.20 Å². The third-order valence-corrected chi connectivity index (χ3v) is 5.45. The van der Waals surface area contributed by atoms with E-state index in [9.17, 15) is 9.90 Å². The predicted octanol–water partition coefficient (Wildman–Crippen LogP) is 1.45. The van der Waals surface area contributed by atoms with Crippen LogP contribution in [0.3, 0.4) is 0 Å². The van der Waals surface area contributed by atoms with Gasteiger partial charge in [0.05, 0.1) is 12.3 Å². The summed E-state index contributed by atoms with van der Waals surface area (Å²) in [4.78, 5) is 14.7. The van der Waals surface area contributed by atoms with Crippen LogP contribution in [-0.4, -0.2) is 51.2 Å². The Hall–Kier alpha value is -2.41. The fraction of sp³-hybridized carbons (Fsp3) is 0.526. The van der Waals surface area contributed by atoms with E-state index in [1.807, 2.05) is 35.1 Å². The maximum atomic E-state index is 12.4. The largest absolute Gasteiger partial charge is 0.393 e. The second-order valence-corrected chi connectivity index (χ2v) is 7.40. The van der Waals surface area contributed by atoms with Crippen LogP contribution in [-0.2, 0) is 6.54 Å². The first-order valence-electron chi connectivity index (χ1n) is 9.35. The highest BCUT2D eigenvalue weighted by Crippen LogP contribution is 2.29. The summed E-state index contributed by atoms with van der Waals surface area (Å²) < 4.78 is 1.85. The summed E-state index contributed by atoms with van der Waals surface area (Å²) in [5, 5.41) is 20.5. The molecule has 2 fully saturated rings. The number of carbonyl (C=O) groups is 1. The number of aliphatic hydroxyl groups is 1. The van der Waals surface area contributed by atoms with Crippen molar-refractivity contribution in [3.05, 3.63) is 42.2 Å². The van der Waals surface area contributed by atoms with Gasteiger partial charge in [-0.2, -0.15) is 0 Å². The zero-order chi connectivity index (χ0) is 17.9. The lowest BCUT2D eigenvalue weighted by molar-refractivity contribution is 0.0879. The zero-order valence-electron chi connectivity index (χ0n) is 14.8. The molecule has 1 amide bonds. The number of nitrogens with one attached hydrogen (secondary N) is 1. The zero-order valence-corrected chi connectivity index (χ0v) is 14.8. The molecule has 2 N–H and O–H groups in total. The number of amides is 1. The van der Waals surface area contributed by atoms with Crippen molar-refractivity contribution in [1.29, 1.82) is 0 Å². The van der Waals surface area contributed by atoms with Gasteiger partial charge in [0.2, 0.25) is 0 Å². The Bertz CT molecular complexity index is 717. The van der Waals surface area contributed by atoms with Gasteiger partial charge in [0.15, 0.2) is 0 Å². The van der Waals surface area contributed by atoms with Crippen molar-refractivity contribution in [1.82, 2.24) is 20.3 Å². The summed E-state index contributed by atoms with van der Waals surface area (Å²) in [6, 6.07) is 8.03. The minimum absolute atomic E-state index is 0.00479. The van der Waals surface area contributed by atoms with Crippen molar-refractivity contribution in [2.75, 3.05) is 18.0 Å². The Balaban J connectivity index is 1.25. The lowest BCUT2D eigenvalue weighted by atomic mass is 9.80. The number of hydrogen-bond donors (Lipinski definition) is 2. The van der Waals surface area contributed by atoms with Crippen molar-refractivity contribution < 1.29 is 9.90 Å². The number of rotatable bonds is 5. The Labute approximate surface area is 153 Å². The quantitative estimate of drug-likeness (QED) is 0.848. The van der Waals surface area contributed by atoms with E-state index in [4.69, 9.17) is 0 Å². The molecule has 2 aliphatic rings. The van der Waals surface area contributed by atoms with Crippen LogP contribution in [0.25, 0.3) is 0 Å². The number of anilines is 1. The molecular formula is C19H25N5O2. The van der Waals surface area contributed by atoms with E-state index in [0.29, 0.717) is 11.5 Å². The molecule has 0 spiro atoms. The molecule has 7 heteroatoms. The first-order chi connectivity index (χ1) is 12.7. The Kier molecular flexibility index (Phi) is 4.88. The van der Waals surface area contributed by atoms with Crippen LogP contribution in [0.2, 0.25) is 0 Å². The van der Waals surface area contributed by atoms with E-state index in [1.165, 1.54) is 0 Å². The fourth-order valence-electron chi connectivity index (χ4n) is 3.81. The number of carbonyl (C=O) groups excluding carboxylic acids is 1.